The molecule has 1 saturated heterocycles. The van der Waals surface area contributed by atoms with Crippen LogP contribution in [0.4, 0.5) is 0 Å². The Labute approximate surface area is 159 Å². The summed E-state index contributed by atoms with van der Waals surface area (Å²) in [5.41, 5.74) is 0.466. The molecule has 0 aromatic heterocycles. The Morgan fingerprint density at radius 3 is 2.37 bits per heavy atom. The Hall–Kier alpha value is -1.41. The summed E-state index contributed by atoms with van der Waals surface area (Å²) in [6.07, 6.45) is -0.615. The van der Waals surface area contributed by atoms with Gasteiger partial charge in [0.25, 0.3) is 5.66 Å². The van der Waals surface area contributed by atoms with Gasteiger partial charge < -0.3 is 24.6 Å². The van der Waals surface area contributed by atoms with E-state index in [1.54, 1.807) is 38.1 Å². The first kappa shape index (κ1) is 21.9. The third-order valence-electron chi connectivity index (χ3n) is 4.38. The maximum Gasteiger partial charge on any atom is 0.517 e. The normalized spacial score (nSPS) is 21.9. The van der Waals surface area contributed by atoms with Crippen LogP contribution < -0.4 is 5.32 Å². The van der Waals surface area contributed by atoms with Crippen molar-refractivity contribution in [1.29, 1.82) is 0 Å². The van der Waals surface area contributed by atoms with Crippen LogP contribution in [0.3, 0.4) is 0 Å². The van der Waals surface area contributed by atoms with Crippen LogP contribution in [0.1, 0.15) is 29.8 Å². The number of carboxylic acid groups (broad SMARTS) is 1. The molecular weight excluding hydrogens is 373 g/mol. The van der Waals surface area contributed by atoms with E-state index in [0.29, 0.717) is 32.8 Å². The topological polar surface area (TPSA) is 114 Å². The number of nitrogens with one attached hydrogen (secondary N) is 1. The number of carbonyl (C=O) groups is 1. The van der Waals surface area contributed by atoms with Crippen LogP contribution in [-0.2, 0) is 25.2 Å². The van der Waals surface area contributed by atoms with Gasteiger partial charge in [0.05, 0.1) is 12.2 Å². The first-order chi connectivity index (χ1) is 13.0. The fourth-order valence-corrected chi connectivity index (χ4v) is 3.91. The van der Waals surface area contributed by atoms with Crippen molar-refractivity contribution >= 4 is 14.0 Å². The summed E-state index contributed by atoms with van der Waals surface area (Å²) in [7, 11) is -2.54. The van der Waals surface area contributed by atoms with E-state index in [-0.39, 0.29) is 11.6 Å². The number of benzene rings is 1. The van der Waals surface area contributed by atoms with E-state index < -0.39 is 32.1 Å². The molecule has 1 aliphatic heterocycles. The Morgan fingerprint density at radius 2 is 1.93 bits per heavy atom. The van der Waals surface area contributed by atoms with Crippen molar-refractivity contribution in [3.05, 3.63) is 35.4 Å². The highest BCUT2D eigenvalue weighted by atomic mass is 31.1. The molecule has 1 aliphatic rings. The number of aromatic carboxylic acids is 1. The predicted molar refractivity (Wildman–Crippen MR) is 99.3 cm³/mol. The van der Waals surface area contributed by atoms with Gasteiger partial charge in [0.1, 0.15) is 6.10 Å². The van der Waals surface area contributed by atoms with Crippen molar-refractivity contribution < 1.29 is 33.6 Å². The number of carboxylic acids is 1. The van der Waals surface area contributed by atoms with E-state index in [1.165, 1.54) is 0 Å². The zero-order valence-corrected chi connectivity index (χ0v) is 16.4. The number of ether oxygens (including phenoxy) is 3. The molecule has 0 radical (unpaired) electrons. The fraction of sp³-hybridized carbons (Fsp3) is 0.611. The minimum absolute atomic E-state index is 0.0341. The number of morpholine rings is 1. The van der Waals surface area contributed by atoms with Crippen molar-refractivity contribution in [3.8, 4) is 0 Å². The molecule has 1 heterocycles. The smallest absolute Gasteiger partial charge is 0.478 e. The van der Waals surface area contributed by atoms with Crippen molar-refractivity contribution in [2.24, 2.45) is 0 Å². The molecule has 2 rings (SSSR count). The molecule has 27 heavy (non-hydrogen) atoms. The summed E-state index contributed by atoms with van der Waals surface area (Å²) < 4.78 is 28.7. The molecular formula is C18H27NO7P+. The van der Waals surface area contributed by atoms with Crippen LogP contribution in [0, 0.1) is 0 Å². The van der Waals surface area contributed by atoms with Gasteiger partial charge in [-0.25, -0.2) is 4.79 Å². The first-order valence-electron chi connectivity index (χ1n) is 9.01. The minimum atomic E-state index is -2.54. The van der Waals surface area contributed by atoms with Gasteiger partial charge in [-0.3, -0.25) is 0 Å². The van der Waals surface area contributed by atoms with E-state index in [4.69, 9.17) is 19.3 Å². The summed E-state index contributed by atoms with van der Waals surface area (Å²) in [5.74, 6) is -0.953. The lowest BCUT2D eigenvalue weighted by Crippen LogP contribution is -2.53. The van der Waals surface area contributed by atoms with E-state index in [1.807, 2.05) is 0 Å². The number of rotatable bonds is 10. The monoisotopic (exact) mass is 400 g/mol. The third kappa shape index (κ3) is 6.31. The van der Waals surface area contributed by atoms with Gasteiger partial charge in [0, 0.05) is 25.8 Å². The van der Waals surface area contributed by atoms with Gasteiger partial charge in [0.2, 0.25) is 6.29 Å². The minimum Gasteiger partial charge on any atom is -0.478 e. The average Bonchev–Trinajstić information content (AvgIpc) is 2.64. The van der Waals surface area contributed by atoms with Crippen molar-refractivity contribution in [1.82, 2.24) is 5.32 Å². The van der Waals surface area contributed by atoms with Crippen LogP contribution >= 0.6 is 8.03 Å². The summed E-state index contributed by atoms with van der Waals surface area (Å²) in [6, 6.07) is 6.75. The lowest BCUT2D eigenvalue weighted by atomic mass is 10.0. The second-order valence-corrected chi connectivity index (χ2v) is 7.46. The standard InChI is InChI=1S/C18H26NO7P/c1-3-24-18(25-4-2)16(27(22)23)15-10-19-14(11-26-15)9-12-5-7-13(8-6-12)17(20)21/h5-8,14-16,18-19H,3-4,9-11H2,1-2H3,(H-,20,21,22,23)/p+1/t14-,15+,16?/m1/s1. The molecule has 1 fully saturated rings. The molecule has 3 N–H and O–H groups in total. The zero-order chi connectivity index (χ0) is 19.8. The summed E-state index contributed by atoms with van der Waals surface area (Å²) >= 11 is 0. The molecule has 9 heteroatoms. The van der Waals surface area contributed by atoms with Gasteiger partial charge >= 0.3 is 14.0 Å². The summed E-state index contributed by atoms with van der Waals surface area (Å²) in [5, 5.41) is 12.3. The van der Waals surface area contributed by atoms with Gasteiger partial charge in [-0.2, -0.15) is 4.89 Å². The molecule has 0 spiro atoms. The highest BCUT2D eigenvalue weighted by molar-refractivity contribution is 7.39. The largest absolute Gasteiger partial charge is 0.517 e. The maximum atomic E-state index is 11.9. The van der Waals surface area contributed by atoms with Crippen molar-refractivity contribution in [2.75, 3.05) is 26.4 Å². The molecule has 0 aliphatic carbocycles. The SMILES string of the molecule is CCOC(OCC)C([C@@H]1CN[C@H](Cc2ccc(C(=O)O)cc2)CO1)[P+](=O)O. The van der Waals surface area contributed by atoms with E-state index >= 15 is 0 Å². The molecule has 1 aromatic rings. The van der Waals surface area contributed by atoms with E-state index in [0.717, 1.165) is 5.56 Å². The third-order valence-corrected chi connectivity index (χ3v) is 5.46. The lowest BCUT2D eigenvalue weighted by molar-refractivity contribution is -0.158. The zero-order valence-electron chi connectivity index (χ0n) is 15.5. The quantitative estimate of drug-likeness (QED) is 0.402. The van der Waals surface area contributed by atoms with Crippen LogP contribution in [-0.4, -0.2) is 66.4 Å². The van der Waals surface area contributed by atoms with Crippen LogP contribution in [0.15, 0.2) is 24.3 Å². The highest BCUT2D eigenvalue weighted by Crippen LogP contribution is 2.33. The Kier molecular flexibility index (Phi) is 8.76. The Bertz CT molecular complexity index is 611. The van der Waals surface area contributed by atoms with Gasteiger partial charge in [-0.15, -0.1) is 0 Å². The molecule has 1 aromatic carbocycles. The number of hydrogen-bond acceptors (Lipinski definition) is 6. The fourth-order valence-electron chi connectivity index (χ4n) is 3.05. The van der Waals surface area contributed by atoms with Gasteiger partial charge in [0.15, 0.2) is 0 Å². The first-order valence-corrected chi connectivity index (χ1v) is 10.3. The van der Waals surface area contributed by atoms with E-state index in [9.17, 15) is 14.3 Å². The molecule has 0 bridgehead atoms. The molecule has 0 amide bonds. The molecule has 8 nitrogen and oxygen atoms in total. The van der Waals surface area contributed by atoms with Crippen molar-refractivity contribution in [3.63, 3.8) is 0 Å². The predicted octanol–water partition coefficient (Wildman–Crippen LogP) is 1.79. The second kappa shape index (κ2) is 10.8. The van der Waals surface area contributed by atoms with Gasteiger partial charge in [-0.1, -0.05) is 12.1 Å². The lowest BCUT2D eigenvalue weighted by Gasteiger charge is -2.33. The molecule has 4 atom stereocenters. The number of hydrogen-bond donors (Lipinski definition) is 3. The Balaban J connectivity index is 1.93. The second-order valence-electron chi connectivity index (χ2n) is 6.26. The summed E-state index contributed by atoms with van der Waals surface area (Å²) in [6.45, 7) is 5.13. The van der Waals surface area contributed by atoms with Crippen LogP contribution in [0.25, 0.3) is 0 Å². The molecule has 2 unspecified atom stereocenters. The van der Waals surface area contributed by atoms with Crippen molar-refractivity contribution in [2.45, 2.75) is 44.4 Å². The maximum absolute atomic E-state index is 11.9. The Morgan fingerprint density at radius 1 is 1.30 bits per heavy atom. The van der Waals surface area contributed by atoms with Crippen LogP contribution in [0.5, 0.6) is 0 Å². The van der Waals surface area contributed by atoms with Crippen LogP contribution in [0.2, 0.25) is 0 Å². The molecule has 150 valence electrons. The summed E-state index contributed by atoms with van der Waals surface area (Å²) in [4.78, 5) is 20.7. The molecule has 0 saturated carbocycles. The average molecular weight is 400 g/mol. The highest BCUT2D eigenvalue weighted by Gasteiger charge is 2.48. The van der Waals surface area contributed by atoms with E-state index in [2.05, 4.69) is 5.32 Å². The van der Waals surface area contributed by atoms with Gasteiger partial charge in [-0.05, 0) is 42.5 Å².